The van der Waals surface area contributed by atoms with E-state index < -0.39 is 5.78 Å². The van der Waals surface area contributed by atoms with Gasteiger partial charge in [-0.25, -0.2) is 0 Å². The molecule has 1 aliphatic carbocycles. The Kier molecular flexibility index (Phi) is 3.87. The maximum Gasteiger partial charge on any atom is 0.196 e. The molecule has 0 N–H and O–H groups in total. The van der Waals surface area contributed by atoms with Crippen LogP contribution in [0.1, 0.15) is 26.3 Å². The van der Waals surface area contributed by atoms with Gasteiger partial charge in [0.25, 0.3) is 0 Å². The van der Waals surface area contributed by atoms with Crippen molar-refractivity contribution in [2.24, 2.45) is 5.11 Å². The molecule has 0 radical (unpaired) electrons. The van der Waals surface area contributed by atoms with Gasteiger partial charge in [0, 0.05) is 21.6 Å². The van der Waals surface area contributed by atoms with Crippen LogP contribution in [0.5, 0.6) is 0 Å². The average Bonchev–Trinajstić information content (AvgIpc) is 2.60. The second-order valence-corrected chi connectivity index (χ2v) is 4.90. The van der Waals surface area contributed by atoms with E-state index in [4.69, 9.17) is 5.53 Å². The molecular formula is C18H11N3O2. The number of rotatable bonds is 3. The van der Waals surface area contributed by atoms with Gasteiger partial charge in [-0.3, -0.25) is 9.59 Å². The fraction of sp³-hybridized carbons (Fsp3) is 0. The van der Waals surface area contributed by atoms with Crippen LogP contribution in [0.25, 0.3) is 16.5 Å². The van der Waals surface area contributed by atoms with Gasteiger partial charge < -0.3 is 0 Å². The number of benzene rings is 2. The Balaban J connectivity index is 2.13. The zero-order valence-corrected chi connectivity index (χ0v) is 12.0. The minimum absolute atomic E-state index is 0.107. The maximum atomic E-state index is 12.6. The van der Waals surface area contributed by atoms with Gasteiger partial charge in [0.2, 0.25) is 0 Å². The lowest BCUT2D eigenvalue weighted by molar-refractivity contribution is 0.0976. The maximum absolute atomic E-state index is 12.6. The van der Waals surface area contributed by atoms with E-state index in [0.717, 1.165) is 5.56 Å². The highest BCUT2D eigenvalue weighted by molar-refractivity contribution is 6.28. The number of hydrogen-bond acceptors (Lipinski definition) is 3. The largest absolute Gasteiger partial charge is 0.289 e. The Hall–Kier alpha value is -3.43. The molecule has 0 atom stereocenters. The topological polar surface area (TPSA) is 82.9 Å². The summed E-state index contributed by atoms with van der Waals surface area (Å²) in [7, 11) is 0. The Morgan fingerprint density at radius 1 is 0.826 bits per heavy atom. The molecule has 0 saturated carbocycles. The molecule has 0 fully saturated rings. The van der Waals surface area contributed by atoms with Gasteiger partial charge in [0.1, 0.15) is 0 Å². The van der Waals surface area contributed by atoms with Crippen LogP contribution in [-0.2, 0) is 0 Å². The van der Waals surface area contributed by atoms with Crippen molar-refractivity contribution in [1.29, 1.82) is 0 Å². The summed E-state index contributed by atoms with van der Waals surface area (Å²) in [6.45, 7) is 0. The first-order valence-corrected chi connectivity index (χ1v) is 6.93. The number of azide groups is 1. The molecule has 23 heavy (non-hydrogen) atoms. The van der Waals surface area contributed by atoms with Crippen LogP contribution in [0, 0.1) is 0 Å². The van der Waals surface area contributed by atoms with Crippen LogP contribution in [0.15, 0.2) is 77.1 Å². The van der Waals surface area contributed by atoms with E-state index in [9.17, 15) is 9.59 Å². The molecule has 0 bridgehead atoms. The number of Topliss-reactive ketones (excluding diaryl/α,β-unsaturated/α-hetero) is 2. The molecule has 2 aromatic carbocycles. The molecule has 1 aliphatic rings. The van der Waals surface area contributed by atoms with Crippen molar-refractivity contribution in [3.05, 3.63) is 99.1 Å². The third-order valence-corrected chi connectivity index (χ3v) is 3.52. The first kappa shape index (κ1) is 14.5. The van der Waals surface area contributed by atoms with E-state index in [1.54, 1.807) is 30.3 Å². The van der Waals surface area contributed by atoms with E-state index >= 15 is 0 Å². The highest BCUT2D eigenvalue weighted by atomic mass is 16.1. The summed E-state index contributed by atoms with van der Waals surface area (Å²) in [5.41, 5.74) is 10.1. The molecule has 2 aromatic rings. The molecule has 5 heteroatoms. The summed E-state index contributed by atoms with van der Waals surface area (Å²) in [5.74, 6) is -0.763. The number of ketones is 2. The molecule has 3 rings (SSSR count). The first-order valence-electron chi connectivity index (χ1n) is 6.93. The molecule has 0 amide bonds. The van der Waals surface area contributed by atoms with E-state index in [2.05, 4.69) is 10.0 Å². The summed E-state index contributed by atoms with van der Waals surface area (Å²) in [6.07, 6.45) is 3.23. The number of fused-ring (bicyclic) bond motifs is 1. The second kappa shape index (κ2) is 6.13. The molecular weight excluding hydrogens is 290 g/mol. The van der Waals surface area contributed by atoms with Crippen molar-refractivity contribution in [1.82, 2.24) is 0 Å². The van der Waals surface area contributed by atoms with Crippen LogP contribution in [0.3, 0.4) is 0 Å². The Bertz CT molecular complexity index is 905. The third-order valence-electron chi connectivity index (χ3n) is 3.52. The van der Waals surface area contributed by atoms with Gasteiger partial charge in [-0.05, 0) is 17.2 Å². The van der Waals surface area contributed by atoms with Crippen molar-refractivity contribution in [3.8, 4) is 0 Å². The molecule has 110 valence electrons. The summed E-state index contributed by atoms with van der Waals surface area (Å²) >= 11 is 0. The Morgan fingerprint density at radius 3 is 2.09 bits per heavy atom. The van der Waals surface area contributed by atoms with Crippen LogP contribution in [0.4, 0.5) is 0 Å². The monoisotopic (exact) mass is 301 g/mol. The van der Waals surface area contributed by atoms with Crippen LogP contribution >= 0.6 is 0 Å². The fourth-order valence-electron chi connectivity index (χ4n) is 2.42. The minimum Gasteiger partial charge on any atom is -0.289 e. The second-order valence-electron chi connectivity index (χ2n) is 4.90. The van der Waals surface area contributed by atoms with Crippen molar-refractivity contribution in [2.45, 2.75) is 0 Å². The Labute approximate surface area is 132 Å². The minimum atomic E-state index is -0.439. The number of allylic oxidation sites excluding steroid dienone is 3. The normalized spacial score (nSPS) is 13.9. The molecule has 0 aromatic heterocycles. The van der Waals surface area contributed by atoms with Crippen molar-refractivity contribution < 1.29 is 9.59 Å². The van der Waals surface area contributed by atoms with Gasteiger partial charge >= 0.3 is 0 Å². The first-order chi connectivity index (χ1) is 11.2. The van der Waals surface area contributed by atoms with E-state index in [0.29, 0.717) is 5.56 Å². The van der Waals surface area contributed by atoms with Crippen LogP contribution < -0.4 is 0 Å². The van der Waals surface area contributed by atoms with Crippen molar-refractivity contribution in [3.63, 3.8) is 0 Å². The lowest BCUT2D eigenvalue weighted by Crippen LogP contribution is -2.20. The predicted molar refractivity (Wildman–Crippen MR) is 86.8 cm³/mol. The summed E-state index contributed by atoms with van der Waals surface area (Å²) in [5, 5.41) is 3.45. The molecule has 0 saturated heterocycles. The van der Waals surface area contributed by atoms with Crippen molar-refractivity contribution >= 4 is 17.6 Å². The fourth-order valence-corrected chi connectivity index (χ4v) is 2.42. The molecule has 0 heterocycles. The number of nitrogens with zero attached hydrogens (tertiary/aromatic N) is 3. The highest BCUT2D eigenvalue weighted by Gasteiger charge is 2.29. The Morgan fingerprint density at radius 2 is 1.43 bits per heavy atom. The number of hydrogen-bond donors (Lipinski definition) is 0. The summed E-state index contributed by atoms with van der Waals surface area (Å²) < 4.78 is 0. The molecule has 0 aliphatic heterocycles. The predicted octanol–water partition coefficient (Wildman–Crippen LogP) is 4.34. The SMILES string of the molecule is [N-]=[N+]=NC1=C(/C=C/c2ccccc2)C(=O)c2ccccc2C1=O. The zero-order chi connectivity index (χ0) is 16.2. The van der Waals surface area contributed by atoms with Gasteiger partial charge in [-0.15, -0.1) is 0 Å². The summed E-state index contributed by atoms with van der Waals surface area (Å²) in [4.78, 5) is 27.8. The van der Waals surface area contributed by atoms with E-state index in [1.807, 2.05) is 30.3 Å². The lowest BCUT2D eigenvalue weighted by Gasteiger charge is -2.16. The smallest absolute Gasteiger partial charge is 0.196 e. The zero-order valence-electron chi connectivity index (χ0n) is 12.0. The van der Waals surface area contributed by atoms with Crippen molar-refractivity contribution in [2.75, 3.05) is 0 Å². The van der Waals surface area contributed by atoms with E-state index in [1.165, 1.54) is 6.08 Å². The van der Waals surface area contributed by atoms with Gasteiger partial charge in [-0.2, -0.15) is 0 Å². The van der Waals surface area contributed by atoms with Gasteiger partial charge in [0.15, 0.2) is 11.6 Å². The molecule has 5 nitrogen and oxygen atoms in total. The highest BCUT2D eigenvalue weighted by Crippen LogP contribution is 2.28. The average molecular weight is 301 g/mol. The molecule has 0 spiro atoms. The van der Waals surface area contributed by atoms with Gasteiger partial charge in [0.05, 0.1) is 5.70 Å². The summed E-state index contributed by atoms with van der Waals surface area (Å²) in [6, 6.07) is 15.9. The quantitative estimate of drug-likeness (QED) is 0.480. The van der Waals surface area contributed by atoms with Gasteiger partial charge in [-0.1, -0.05) is 65.8 Å². The van der Waals surface area contributed by atoms with Crippen LogP contribution in [-0.4, -0.2) is 11.6 Å². The number of carbonyl (C=O) groups excluding carboxylic acids is 2. The number of carbonyl (C=O) groups is 2. The van der Waals surface area contributed by atoms with Crippen LogP contribution in [0.2, 0.25) is 0 Å². The molecule has 0 unspecified atom stereocenters. The lowest BCUT2D eigenvalue weighted by atomic mass is 9.87. The standard InChI is InChI=1S/C18H11N3O2/c19-21-20-16-15(11-10-12-6-2-1-3-7-12)17(22)13-8-4-5-9-14(13)18(16)23/h1-11H/b11-10+. The third kappa shape index (κ3) is 2.69. The van der Waals surface area contributed by atoms with E-state index in [-0.39, 0.29) is 22.6 Å².